The molecule has 1 unspecified atom stereocenters. The van der Waals surface area contributed by atoms with Gasteiger partial charge in [0.15, 0.2) is 5.13 Å². The lowest BCUT2D eigenvalue weighted by Crippen LogP contribution is -2.23. The van der Waals surface area contributed by atoms with Gasteiger partial charge in [0.2, 0.25) is 11.8 Å². The van der Waals surface area contributed by atoms with E-state index < -0.39 is 0 Å². The van der Waals surface area contributed by atoms with Gasteiger partial charge < -0.3 is 10.6 Å². The van der Waals surface area contributed by atoms with Gasteiger partial charge in [0.1, 0.15) is 0 Å². The summed E-state index contributed by atoms with van der Waals surface area (Å²) in [6, 6.07) is 6.20. The highest BCUT2D eigenvalue weighted by molar-refractivity contribution is 7.14. The van der Waals surface area contributed by atoms with Crippen molar-refractivity contribution in [1.29, 1.82) is 0 Å². The summed E-state index contributed by atoms with van der Waals surface area (Å²) in [6.45, 7) is 4.80. The summed E-state index contributed by atoms with van der Waals surface area (Å²) >= 11 is 1.40. The molecule has 0 saturated carbocycles. The van der Waals surface area contributed by atoms with Gasteiger partial charge in [-0.3, -0.25) is 9.59 Å². The molecule has 1 aromatic carbocycles. The monoisotopic (exact) mass is 329 g/mol. The van der Waals surface area contributed by atoms with Gasteiger partial charge >= 0.3 is 0 Å². The fourth-order valence-electron chi connectivity index (χ4n) is 2.60. The minimum atomic E-state index is -0.214. The van der Waals surface area contributed by atoms with Crippen LogP contribution < -0.4 is 10.6 Å². The van der Waals surface area contributed by atoms with Crippen LogP contribution in [0, 0.1) is 19.8 Å². The van der Waals surface area contributed by atoms with Crippen molar-refractivity contribution in [1.82, 2.24) is 10.3 Å². The van der Waals surface area contributed by atoms with Crippen LogP contribution in [-0.2, 0) is 9.59 Å². The summed E-state index contributed by atoms with van der Waals surface area (Å²) in [5.41, 5.74) is 4.35. The Morgan fingerprint density at radius 3 is 2.91 bits per heavy atom. The second-order valence-corrected chi connectivity index (χ2v) is 6.72. The molecule has 1 aliphatic heterocycles. The van der Waals surface area contributed by atoms with Crippen molar-refractivity contribution in [3.63, 3.8) is 0 Å². The van der Waals surface area contributed by atoms with Gasteiger partial charge in [-0.1, -0.05) is 12.1 Å². The van der Waals surface area contributed by atoms with E-state index >= 15 is 0 Å². The van der Waals surface area contributed by atoms with Crippen molar-refractivity contribution in [3.8, 4) is 11.3 Å². The number of carbonyl (C=O) groups excluding carboxylic acids is 2. The first-order valence-corrected chi connectivity index (χ1v) is 8.51. The van der Waals surface area contributed by atoms with E-state index in [4.69, 9.17) is 0 Å². The first kappa shape index (κ1) is 15.7. The molecule has 23 heavy (non-hydrogen) atoms. The maximum Gasteiger partial charge on any atom is 0.226 e. The van der Waals surface area contributed by atoms with Crippen molar-refractivity contribution in [2.24, 2.45) is 5.92 Å². The predicted molar refractivity (Wildman–Crippen MR) is 91.4 cm³/mol. The fourth-order valence-corrected chi connectivity index (χ4v) is 3.33. The molecular weight excluding hydrogens is 310 g/mol. The van der Waals surface area contributed by atoms with Gasteiger partial charge in [-0.25, -0.2) is 4.98 Å². The number of hydrogen-bond donors (Lipinski definition) is 2. The fraction of sp³-hybridized carbons (Fsp3) is 0.353. The SMILES string of the molecule is Cc1ccc(-c2csc(NC(=O)CC3CCNC3=O)n2)cc1C. The molecule has 1 saturated heterocycles. The van der Waals surface area contributed by atoms with Gasteiger partial charge in [-0.05, 0) is 37.5 Å². The Kier molecular flexibility index (Phi) is 4.43. The Hall–Kier alpha value is -2.21. The molecule has 0 aliphatic carbocycles. The average molecular weight is 329 g/mol. The molecule has 2 aromatic rings. The van der Waals surface area contributed by atoms with Crippen LogP contribution in [0.25, 0.3) is 11.3 Å². The lowest BCUT2D eigenvalue weighted by molar-refractivity contribution is -0.126. The minimum Gasteiger partial charge on any atom is -0.356 e. The summed E-state index contributed by atoms with van der Waals surface area (Å²) in [7, 11) is 0. The van der Waals surface area contributed by atoms with E-state index in [0.717, 1.165) is 17.7 Å². The average Bonchev–Trinajstić information content (AvgIpc) is 3.12. The van der Waals surface area contributed by atoms with E-state index in [0.29, 0.717) is 11.7 Å². The van der Waals surface area contributed by atoms with Gasteiger partial charge in [-0.15, -0.1) is 11.3 Å². The van der Waals surface area contributed by atoms with E-state index in [1.165, 1.54) is 22.5 Å². The number of aryl methyl sites for hydroxylation is 2. The number of nitrogens with zero attached hydrogens (tertiary/aromatic N) is 1. The number of anilines is 1. The highest BCUT2D eigenvalue weighted by atomic mass is 32.1. The van der Waals surface area contributed by atoms with Gasteiger partial charge in [0.25, 0.3) is 0 Å². The van der Waals surface area contributed by atoms with E-state index in [2.05, 4.69) is 41.6 Å². The summed E-state index contributed by atoms with van der Waals surface area (Å²) in [5, 5.41) is 8.04. The lowest BCUT2D eigenvalue weighted by Gasteiger charge is -2.06. The zero-order valence-electron chi connectivity index (χ0n) is 13.2. The maximum absolute atomic E-state index is 12.0. The zero-order valence-corrected chi connectivity index (χ0v) is 14.0. The van der Waals surface area contributed by atoms with Crippen LogP contribution in [0.3, 0.4) is 0 Å². The molecule has 0 spiro atoms. The quantitative estimate of drug-likeness (QED) is 0.906. The van der Waals surface area contributed by atoms with Crippen LogP contribution in [0.1, 0.15) is 24.0 Å². The Bertz CT molecular complexity index is 754. The molecule has 2 N–H and O–H groups in total. The summed E-state index contributed by atoms with van der Waals surface area (Å²) in [5.74, 6) is -0.405. The normalized spacial score (nSPS) is 17.1. The molecule has 2 amide bonds. The number of benzene rings is 1. The third kappa shape index (κ3) is 3.59. The molecule has 0 bridgehead atoms. The van der Waals surface area contributed by atoms with Crippen LogP contribution in [0.5, 0.6) is 0 Å². The Balaban J connectivity index is 1.65. The van der Waals surface area contributed by atoms with E-state index in [1.54, 1.807) is 0 Å². The Morgan fingerprint density at radius 1 is 1.39 bits per heavy atom. The predicted octanol–water partition coefficient (Wildman–Crippen LogP) is 2.89. The van der Waals surface area contributed by atoms with Crippen molar-refractivity contribution in [2.75, 3.05) is 11.9 Å². The number of carbonyl (C=O) groups is 2. The molecule has 3 rings (SSSR count). The Morgan fingerprint density at radius 2 is 2.22 bits per heavy atom. The van der Waals surface area contributed by atoms with Crippen LogP contribution in [-0.4, -0.2) is 23.3 Å². The van der Waals surface area contributed by atoms with Crippen LogP contribution in [0.4, 0.5) is 5.13 Å². The van der Waals surface area contributed by atoms with Gasteiger partial charge in [0.05, 0.1) is 5.69 Å². The summed E-state index contributed by atoms with van der Waals surface area (Å²) in [6.07, 6.45) is 0.933. The molecule has 5 nitrogen and oxygen atoms in total. The molecule has 120 valence electrons. The molecule has 1 atom stereocenters. The highest BCUT2D eigenvalue weighted by Crippen LogP contribution is 2.27. The summed E-state index contributed by atoms with van der Waals surface area (Å²) < 4.78 is 0. The number of aromatic nitrogens is 1. The zero-order chi connectivity index (χ0) is 16.4. The van der Waals surface area contributed by atoms with Crippen molar-refractivity contribution >= 4 is 28.3 Å². The van der Waals surface area contributed by atoms with E-state index in [9.17, 15) is 9.59 Å². The minimum absolute atomic E-state index is 0.0323. The number of nitrogens with one attached hydrogen (secondary N) is 2. The molecule has 0 radical (unpaired) electrons. The lowest BCUT2D eigenvalue weighted by atomic mass is 10.0. The number of amides is 2. The third-order valence-corrected chi connectivity index (χ3v) is 4.91. The maximum atomic E-state index is 12.0. The largest absolute Gasteiger partial charge is 0.356 e. The van der Waals surface area contributed by atoms with Crippen LogP contribution >= 0.6 is 11.3 Å². The first-order chi connectivity index (χ1) is 11.0. The van der Waals surface area contributed by atoms with Crippen molar-refractivity contribution in [2.45, 2.75) is 26.7 Å². The molecule has 1 aromatic heterocycles. The molecular formula is C17H19N3O2S. The molecule has 2 heterocycles. The number of thiazole rings is 1. The number of hydrogen-bond acceptors (Lipinski definition) is 4. The van der Waals surface area contributed by atoms with E-state index in [-0.39, 0.29) is 24.2 Å². The Labute approximate surface area is 139 Å². The second-order valence-electron chi connectivity index (χ2n) is 5.87. The number of rotatable bonds is 4. The highest BCUT2D eigenvalue weighted by Gasteiger charge is 2.26. The van der Waals surface area contributed by atoms with Crippen molar-refractivity contribution < 1.29 is 9.59 Å². The summed E-state index contributed by atoms with van der Waals surface area (Å²) in [4.78, 5) is 28.0. The molecule has 6 heteroatoms. The van der Waals surface area contributed by atoms with E-state index in [1.807, 2.05) is 11.4 Å². The van der Waals surface area contributed by atoms with Crippen LogP contribution in [0.2, 0.25) is 0 Å². The molecule has 1 aliphatic rings. The smallest absolute Gasteiger partial charge is 0.226 e. The topological polar surface area (TPSA) is 71.1 Å². The van der Waals surface area contributed by atoms with Gasteiger partial charge in [0, 0.05) is 29.8 Å². The van der Waals surface area contributed by atoms with Gasteiger partial charge in [-0.2, -0.15) is 0 Å². The third-order valence-electron chi connectivity index (χ3n) is 4.15. The second kappa shape index (κ2) is 6.50. The van der Waals surface area contributed by atoms with Crippen molar-refractivity contribution in [3.05, 3.63) is 34.7 Å². The standard InChI is InChI=1S/C17H19N3O2S/c1-10-3-4-12(7-11(10)2)14-9-23-17(19-14)20-15(21)8-13-5-6-18-16(13)22/h3-4,7,9,13H,5-6,8H2,1-2H3,(H,18,22)(H,19,20,21). The molecule has 1 fully saturated rings. The van der Waals surface area contributed by atoms with Crippen LogP contribution in [0.15, 0.2) is 23.6 Å². The first-order valence-electron chi connectivity index (χ1n) is 7.63.